The first kappa shape index (κ1) is 22.9. The van der Waals surface area contributed by atoms with Crippen molar-refractivity contribution in [2.24, 2.45) is 0 Å². The third kappa shape index (κ3) is 4.19. The second kappa shape index (κ2) is 9.18. The van der Waals surface area contributed by atoms with Crippen molar-refractivity contribution in [3.63, 3.8) is 0 Å². The number of nitrogens with one attached hydrogen (secondary N) is 1. The van der Waals surface area contributed by atoms with Crippen molar-refractivity contribution in [3.8, 4) is 12.1 Å². The Morgan fingerprint density at radius 3 is 2.56 bits per heavy atom. The highest BCUT2D eigenvalue weighted by Crippen LogP contribution is 2.36. The molecule has 2 N–H and O–H groups in total. The SMILES string of the molecule is CC1=C(C#N)C(c2ccc(C#N)cc2S(=O)(=O)CCO)NC(=O)N1c1cccc(CF)c1. The van der Waals surface area contributed by atoms with Gasteiger partial charge in [0, 0.05) is 5.70 Å². The predicted molar refractivity (Wildman–Crippen MR) is 114 cm³/mol. The number of aliphatic hydroxyl groups excluding tert-OH is 1. The number of rotatable bonds is 6. The Labute approximate surface area is 184 Å². The first-order chi connectivity index (χ1) is 15.3. The van der Waals surface area contributed by atoms with Crippen molar-refractivity contribution in [1.82, 2.24) is 5.32 Å². The molecule has 0 saturated carbocycles. The Kier molecular flexibility index (Phi) is 6.58. The van der Waals surface area contributed by atoms with Gasteiger partial charge in [-0.2, -0.15) is 10.5 Å². The Morgan fingerprint density at radius 2 is 1.94 bits per heavy atom. The van der Waals surface area contributed by atoms with Gasteiger partial charge >= 0.3 is 6.03 Å². The van der Waals surface area contributed by atoms with Gasteiger partial charge < -0.3 is 10.4 Å². The molecule has 2 aromatic rings. The van der Waals surface area contributed by atoms with Crippen LogP contribution in [-0.2, 0) is 16.5 Å². The summed E-state index contributed by atoms with van der Waals surface area (Å²) in [5, 5.41) is 30.9. The van der Waals surface area contributed by atoms with Crippen LogP contribution in [0.3, 0.4) is 0 Å². The second-order valence-electron chi connectivity index (χ2n) is 7.04. The van der Waals surface area contributed by atoms with Crippen molar-refractivity contribution < 1.29 is 22.7 Å². The number of benzene rings is 2. The van der Waals surface area contributed by atoms with Crippen molar-refractivity contribution in [2.45, 2.75) is 24.5 Å². The number of hydrogen-bond acceptors (Lipinski definition) is 6. The van der Waals surface area contributed by atoms with E-state index in [9.17, 15) is 28.1 Å². The highest BCUT2D eigenvalue weighted by molar-refractivity contribution is 7.91. The highest BCUT2D eigenvalue weighted by Gasteiger charge is 2.36. The maximum absolute atomic E-state index is 13.1. The molecule has 1 atom stereocenters. The summed E-state index contributed by atoms with van der Waals surface area (Å²) in [6.45, 7) is 0.184. The largest absolute Gasteiger partial charge is 0.395 e. The normalized spacial score (nSPS) is 16.3. The van der Waals surface area contributed by atoms with Crippen LogP contribution in [0.1, 0.15) is 29.7 Å². The summed E-state index contributed by atoms with van der Waals surface area (Å²) in [5.74, 6) is -0.581. The van der Waals surface area contributed by atoms with Crippen molar-refractivity contribution >= 4 is 21.6 Å². The van der Waals surface area contributed by atoms with Gasteiger partial charge in [-0.1, -0.05) is 18.2 Å². The van der Waals surface area contributed by atoms with Gasteiger partial charge in [-0.15, -0.1) is 0 Å². The lowest BCUT2D eigenvalue weighted by Gasteiger charge is -2.34. The molecular weight excluding hydrogens is 435 g/mol. The lowest BCUT2D eigenvalue weighted by molar-refractivity contribution is 0.243. The number of amides is 2. The van der Waals surface area contributed by atoms with Crippen LogP contribution in [0.2, 0.25) is 0 Å². The van der Waals surface area contributed by atoms with E-state index < -0.39 is 40.9 Å². The number of alkyl halides is 1. The Bertz CT molecular complexity index is 1290. The van der Waals surface area contributed by atoms with Gasteiger partial charge in [-0.05, 0) is 42.3 Å². The number of allylic oxidation sites excluding steroid dienone is 1. The van der Waals surface area contributed by atoms with Gasteiger partial charge in [-0.25, -0.2) is 17.6 Å². The maximum atomic E-state index is 13.1. The van der Waals surface area contributed by atoms with Crippen molar-refractivity contribution in [3.05, 3.63) is 70.4 Å². The molecule has 2 amide bonds. The minimum Gasteiger partial charge on any atom is -0.395 e. The molecule has 0 bridgehead atoms. The fourth-order valence-electron chi connectivity index (χ4n) is 3.55. The molecule has 1 aliphatic rings. The molecule has 1 heterocycles. The molecule has 0 fully saturated rings. The third-order valence-corrected chi connectivity index (χ3v) is 6.82. The number of carbonyl (C=O) groups excluding carboxylic acids is 1. The van der Waals surface area contributed by atoms with Crippen LogP contribution in [0.4, 0.5) is 14.9 Å². The zero-order chi connectivity index (χ0) is 23.5. The lowest BCUT2D eigenvalue weighted by atomic mass is 9.94. The van der Waals surface area contributed by atoms with Crippen LogP contribution in [0.25, 0.3) is 0 Å². The van der Waals surface area contributed by atoms with E-state index in [1.165, 1.54) is 30.0 Å². The molecule has 164 valence electrons. The van der Waals surface area contributed by atoms with E-state index in [2.05, 4.69) is 5.32 Å². The Hall–Kier alpha value is -3.73. The molecule has 0 saturated heterocycles. The number of carbonyl (C=O) groups is 1. The molecule has 0 radical (unpaired) electrons. The second-order valence-corrected chi connectivity index (χ2v) is 9.12. The summed E-state index contributed by atoms with van der Waals surface area (Å²) in [6.07, 6.45) is 0. The number of urea groups is 1. The monoisotopic (exact) mass is 454 g/mol. The minimum atomic E-state index is -4.00. The fourth-order valence-corrected chi connectivity index (χ4v) is 4.86. The van der Waals surface area contributed by atoms with Crippen LogP contribution in [0, 0.1) is 22.7 Å². The summed E-state index contributed by atoms with van der Waals surface area (Å²) in [7, 11) is -4.00. The average Bonchev–Trinajstić information content (AvgIpc) is 2.78. The number of hydrogen-bond donors (Lipinski definition) is 2. The molecule has 0 aromatic heterocycles. The Balaban J connectivity index is 2.19. The maximum Gasteiger partial charge on any atom is 0.327 e. The van der Waals surface area contributed by atoms with E-state index in [0.29, 0.717) is 11.3 Å². The zero-order valence-electron chi connectivity index (χ0n) is 17.0. The van der Waals surface area contributed by atoms with E-state index in [1.54, 1.807) is 18.2 Å². The van der Waals surface area contributed by atoms with E-state index >= 15 is 0 Å². The number of nitrogens with zero attached hydrogens (tertiary/aromatic N) is 3. The molecule has 10 heteroatoms. The Morgan fingerprint density at radius 1 is 1.19 bits per heavy atom. The fraction of sp³-hybridized carbons (Fsp3) is 0.227. The lowest BCUT2D eigenvalue weighted by Crippen LogP contribution is -2.46. The van der Waals surface area contributed by atoms with Gasteiger partial charge in [0.1, 0.15) is 6.67 Å². The summed E-state index contributed by atoms with van der Waals surface area (Å²) >= 11 is 0. The minimum absolute atomic E-state index is 0.0799. The number of halogens is 1. The zero-order valence-corrected chi connectivity index (χ0v) is 17.9. The van der Waals surface area contributed by atoms with Crippen LogP contribution >= 0.6 is 0 Å². The molecule has 0 spiro atoms. The highest BCUT2D eigenvalue weighted by atomic mass is 32.2. The summed E-state index contributed by atoms with van der Waals surface area (Å²) in [5.41, 5.74) is 1.24. The standard InChI is InChI=1S/C22H19FN4O4S/c1-14-19(13-25)21(26-22(29)27(14)17-4-2-3-15(9-17)11-23)18-6-5-16(12-24)10-20(18)32(30,31)8-7-28/h2-6,9-10,21,28H,7-8,11H2,1H3,(H,26,29). The van der Waals surface area contributed by atoms with Gasteiger partial charge in [0.2, 0.25) is 0 Å². The molecule has 1 aliphatic heterocycles. The van der Waals surface area contributed by atoms with E-state index in [0.717, 1.165) is 6.07 Å². The molecule has 8 nitrogen and oxygen atoms in total. The summed E-state index contributed by atoms with van der Waals surface area (Å²) in [4.78, 5) is 14.0. The van der Waals surface area contributed by atoms with Gasteiger partial charge in [-0.3, -0.25) is 4.90 Å². The topological polar surface area (TPSA) is 134 Å². The summed E-state index contributed by atoms with van der Waals surface area (Å²) < 4.78 is 38.6. The van der Waals surface area contributed by atoms with Gasteiger partial charge in [0.15, 0.2) is 9.84 Å². The summed E-state index contributed by atoms with van der Waals surface area (Å²) in [6, 6.07) is 12.3. The van der Waals surface area contributed by atoms with Gasteiger partial charge in [0.05, 0.1) is 52.3 Å². The number of anilines is 1. The predicted octanol–water partition coefficient (Wildman–Crippen LogP) is 2.86. The molecule has 0 aliphatic carbocycles. The molecule has 1 unspecified atom stereocenters. The molecular formula is C22H19FN4O4S. The van der Waals surface area contributed by atoms with Crippen molar-refractivity contribution in [1.29, 1.82) is 10.5 Å². The number of nitriles is 2. The van der Waals surface area contributed by atoms with Crippen molar-refractivity contribution in [2.75, 3.05) is 17.3 Å². The smallest absolute Gasteiger partial charge is 0.327 e. The molecule has 2 aromatic carbocycles. The molecule has 3 rings (SSSR count). The van der Waals surface area contributed by atoms with E-state index in [4.69, 9.17) is 5.11 Å². The first-order valence-corrected chi connectivity index (χ1v) is 11.2. The average molecular weight is 454 g/mol. The van der Waals surface area contributed by atoms with E-state index in [1.807, 2.05) is 12.1 Å². The van der Waals surface area contributed by atoms with Crippen LogP contribution < -0.4 is 10.2 Å². The first-order valence-electron chi connectivity index (χ1n) is 9.51. The van der Waals surface area contributed by atoms with Gasteiger partial charge in [0.25, 0.3) is 0 Å². The van der Waals surface area contributed by atoms with Crippen LogP contribution in [-0.4, -0.2) is 31.9 Å². The van der Waals surface area contributed by atoms with E-state index in [-0.39, 0.29) is 27.3 Å². The van der Waals surface area contributed by atoms with Crippen LogP contribution in [0.5, 0.6) is 0 Å². The number of sulfone groups is 1. The third-order valence-electron chi connectivity index (χ3n) is 5.08. The number of aliphatic hydroxyl groups is 1. The molecule has 32 heavy (non-hydrogen) atoms. The van der Waals surface area contributed by atoms with Crippen LogP contribution in [0.15, 0.2) is 58.6 Å². The quantitative estimate of drug-likeness (QED) is 0.689.